The first-order valence-electron chi connectivity index (χ1n) is 6.17. The maximum absolute atomic E-state index is 9.01. The van der Waals surface area contributed by atoms with E-state index >= 15 is 0 Å². The molecule has 1 aliphatic rings. The smallest absolute Gasteiger partial charge is 0.0981 e. The molecule has 0 aliphatic heterocycles. The highest BCUT2D eigenvalue weighted by Gasteiger charge is 2.26. The number of hydrogen-bond donors (Lipinski definition) is 1. The van der Waals surface area contributed by atoms with Crippen LogP contribution in [-0.2, 0) is 0 Å². The van der Waals surface area contributed by atoms with Crippen LogP contribution in [0, 0.1) is 17.2 Å². The molecule has 1 N–H and O–H groups in total. The number of likely N-dealkylation sites (N-methyl/N-ethyl adjacent to an activating group) is 1. The summed E-state index contributed by atoms with van der Waals surface area (Å²) in [4.78, 5) is 2.38. The molecule has 1 saturated carbocycles. The van der Waals surface area contributed by atoms with Crippen LogP contribution in [0.2, 0.25) is 0 Å². The minimum Gasteiger partial charge on any atom is -0.303 e. The molecule has 3 nitrogen and oxygen atoms in total. The molecule has 0 amide bonds. The molecule has 86 valence electrons. The largest absolute Gasteiger partial charge is 0.303 e. The fourth-order valence-electron chi connectivity index (χ4n) is 2.01. The highest BCUT2D eigenvalue weighted by molar-refractivity contribution is 4.97. The van der Waals surface area contributed by atoms with Crippen LogP contribution in [0.25, 0.3) is 0 Å². The fourth-order valence-corrected chi connectivity index (χ4v) is 2.01. The Hall–Kier alpha value is -0.590. The van der Waals surface area contributed by atoms with Crippen LogP contribution in [-0.4, -0.2) is 37.1 Å². The number of nitrogens with one attached hydrogen (secondary N) is 1. The second-order valence-electron chi connectivity index (χ2n) is 4.28. The minimum atomic E-state index is 0.0920. The van der Waals surface area contributed by atoms with Gasteiger partial charge in [0.2, 0.25) is 0 Å². The first-order chi connectivity index (χ1) is 7.31. The third-order valence-electron chi connectivity index (χ3n) is 3.45. The molecule has 0 saturated heterocycles. The Bertz CT molecular complexity index is 201. The molecule has 0 aromatic rings. The van der Waals surface area contributed by atoms with Gasteiger partial charge in [-0.1, -0.05) is 20.3 Å². The van der Waals surface area contributed by atoms with Crippen molar-refractivity contribution in [3.63, 3.8) is 0 Å². The Kier molecular flexibility index (Phi) is 5.67. The zero-order chi connectivity index (χ0) is 11.1. The van der Waals surface area contributed by atoms with Crippen LogP contribution >= 0.6 is 0 Å². The van der Waals surface area contributed by atoms with Gasteiger partial charge in [-0.25, -0.2) is 0 Å². The molecule has 1 aliphatic carbocycles. The molecule has 3 heteroatoms. The fraction of sp³-hybridized carbons (Fsp3) is 0.917. The molecule has 0 aromatic carbocycles. The van der Waals surface area contributed by atoms with Gasteiger partial charge < -0.3 is 10.2 Å². The van der Waals surface area contributed by atoms with Crippen LogP contribution in [0.15, 0.2) is 0 Å². The van der Waals surface area contributed by atoms with Crippen molar-refractivity contribution in [1.82, 2.24) is 10.2 Å². The third-order valence-corrected chi connectivity index (χ3v) is 3.45. The molecule has 1 fully saturated rings. The quantitative estimate of drug-likeness (QED) is 0.692. The van der Waals surface area contributed by atoms with E-state index in [1.165, 1.54) is 19.3 Å². The van der Waals surface area contributed by atoms with Crippen molar-refractivity contribution in [1.29, 1.82) is 5.26 Å². The Balaban J connectivity index is 2.14. The second-order valence-corrected chi connectivity index (χ2v) is 4.28. The lowest BCUT2D eigenvalue weighted by atomic mass is 9.80. The van der Waals surface area contributed by atoms with Crippen molar-refractivity contribution in [3.05, 3.63) is 0 Å². The SMILES string of the molecule is CCN(CC)CCNC(C#N)C1CCC1. The molecular weight excluding hydrogens is 186 g/mol. The molecule has 1 unspecified atom stereocenters. The van der Waals surface area contributed by atoms with Crippen molar-refractivity contribution < 1.29 is 0 Å². The molecule has 1 atom stereocenters. The van der Waals surface area contributed by atoms with E-state index in [2.05, 4.69) is 30.1 Å². The maximum Gasteiger partial charge on any atom is 0.0981 e. The van der Waals surface area contributed by atoms with Gasteiger partial charge >= 0.3 is 0 Å². The normalized spacial score (nSPS) is 18.5. The van der Waals surface area contributed by atoms with E-state index in [4.69, 9.17) is 5.26 Å². The van der Waals surface area contributed by atoms with E-state index in [0.29, 0.717) is 5.92 Å². The zero-order valence-corrected chi connectivity index (χ0v) is 10.00. The Morgan fingerprint density at radius 2 is 2.07 bits per heavy atom. The van der Waals surface area contributed by atoms with Crippen molar-refractivity contribution in [2.45, 2.75) is 39.2 Å². The van der Waals surface area contributed by atoms with Crippen molar-refractivity contribution in [3.8, 4) is 6.07 Å². The number of hydrogen-bond acceptors (Lipinski definition) is 3. The summed E-state index contributed by atoms with van der Waals surface area (Å²) in [5.74, 6) is 0.617. The summed E-state index contributed by atoms with van der Waals surface area (Å²) in [6, 6.07) is 2.48. The Labute approximate surface area is 93.5 Å². The van der Waals surface area contributed by atoms with Crippen LogP contribution in [0.5, 0.6) is 0 Å². The van der Waals surface area contributed by atoms with E-state index in [1.54, 1.807) is 0 Å². The first-order valence-corrected chi connectivity index (χ1v) is 6.17. The third kappa shape index (κ3) is 3.81. The van der Waals surface area contributed by atoms with Crippen LogP contribution < -0.4 is 5.32 Å². The van der Waals surface area contributed by atoms with Gasteiger partial charge in [-0.2, -0.15) is 5.26 Å². The van der Waals surface area contributed by atoms with E-state index in [9.17, 15) is 0 Å². The number of nitriles is 1. The van der Waals surface area contributed by atoms with Gasteiger partial charge in [-0.15, -0.1) is 0 Å². The van der Waals surface area contributed by atoms with Gasteiger partial charge in [0, 0.05) is 13.1 Å². The summed E-state index contributed by atoms with van der Waals surface area (Å²) in [7, 11) is 0. The van der Waals surface area contributed by atoms with Crippen molar-refractivity contribution in [2.24, 2.45) is 5.92 Å². The average molecular weight is 209 g/mol. The van der Waals surface area contributed by atoms with E-state index < -0.39 is 0 Å². The summed E-state index contributed by atoms with van der Waals surface area (Å²) in [6.45, 7) is 8.54. The van der Waals surface area contributed by atoms with Crippen LogP contribution in [0.4, 0.5) is 0 Å². The highest BCUT2D eigenvalue weighted by Crippen LogP contribution is 2.29. The molecule has 0 spiro atoms. The van der Waals surface area contributed by atoms with E-state index in [1.807, 2.05) is 0 Å². The Morgan fingerprint density at radius 1 is 1.40 bits per heavy atom. The molecule has 0 heterocycles. The zero-order valence-electron chi connectivity index (χ0n) is 10.00. The van der Waals surface area contributed by atoms with E-state index in [-0.39, 0.29) is 6.04 Å². The lowest BCUT2D eigenvalue weighted by Gasteiger charge is -2.30. The van der Waals surface area contributed by atoms with Crippen molar-refractivity contribution in [2.75, 3.05) is 26.2 Å². The summed E-state index contributed by atoms with van der Waals surface area (Å²) in [5, 5.41) is 12.4. The van der Waals surface area contributed by atoms with E-state index in [0.717, 1.165) is 26.2 Å². The molecule has 0 aromatic heterocycles. The topological polar surface area (TPSA) is 39.1 Å². The summed E-state index contributed by atoms with van der Waals surface area (Å²) in [6.07, 6.45) is 3.77. The van der Waals surface area contributed by atoms with Gasteiger partial charge in [0.1, 0.15) is 0 Å². The maximum atomic E-state index is 9.01. The highest BCUT2D eigenvalue weighted by atomic mass is 15.1. The number of rotatable bonds is 7. The molecule has 0 radical (unpaired) electrons. The van der Waals surface area contributed by atoms with Gasteiger partial charge in [-0.05, 0) is 31.8 Å². The second kappa shape index (κ2) is 6.81. The lowest BCUT2D eigenvalue weighted by molar-refractivity contribution is 0.247. The predicted molar refractivity (Wildman–Crippen MR) is 62.5 cm³/mol. The molecule has 1 rings (SSSR count). The average Bonchev–Trinajstić information content (AvgIpc) is 2.20. The number of nitrogens with zero attached hydrogens (tertiary/aromatic N) is 2. The van der Waals surface area contributed by atoms with Gasteiger partial charge in [0.15, 0.2) is 0 Å². The predicted octanol–water partition coefficient (Wildman–Crippen LogP) is 1.61. The molecular formula is C12H23N3. The first kappa shape index (κ1) is 12.5. The standard InChI is InChI=1S/C12H23N3/c1-3-15(4-2)9-8-14-12(10-13)11-6-5-7-11/h11-12,14H,3-9H2,1-2H3. The van der Waals surface area contributed by atoms with Crippen LogP contribution in [0.1, 0.15) is 33.1 Å². The van der Waals surface area contributed by atoms with Crippen molar-refractivity contribution >= 4 is 0 Å². The Morgan fingerprint density at radius 3 is 2.47 bits per heavy atom. The van der Waals surface area contributed by atoms with Gasteiger partial charge in [0.25, 0.3) is 0 Å². The molecule has 15 heavy (non-hydrogen) atoms. The minimum absolute atomic E-state index is 0.0920. The summed E-state index contributed by atoms with van der Waals surface area (Å²) in [5.41, 5.74) is 0. The molecule has 0 bridgehead atoms. The van der Waals surface area contributed by atoms with Gasteiger partial charge in [0.05, 0.1) is 12.1 Å². The monoisotopic (exact) mass is 209 g/mol. The van der Waals surface area contributed by atoms with Gasteiger partial charge in [-0.3, -0.25) is 0 Å². The summed E-state index contributed by atoms with van der Waals surface area (Å²) >= 11 is 0. The van der Waals surface area contributed by atoms with Crippen LogP contribution in [0.3, 0.4) is 0 Å². The lowest BCUT2D eigenvalue weighted by Crippen LogP contribution is -2.42. The summed E-state index contributed by atoms with van der Waals surface area (Å²) < 4.78 is 0.